The molecule has 2 heterocycles. The summed E-state index contributed by atoms with van der Waals surface area (Å²) in [5, 5.41) is 2.14. The van der Waals surface area contributed by atoms with E-state index in [1.165, 1.54) is 25.6 Å². The van der Waals surface area contributed by atoms with Gasteiger partial charge in [0, 0.05) is 13.1 Å². The molecule has 6 heteroatoms. The Morgan fingerprint density at radius 3 is 2.82 bits per heavy atom. The van der Waals surface area contributed by atoms with Crippen LogP contribution < -0.4 is 15.9 Å². The number of hydrogen-bond acceptors (Lipinski definition) is 6. The van der Waals surface area contributed by atoms with E-state index < -0.39 is 0 Å². The van der Waals surface area contributed by atoms with Crippen LogP contribution in [0.15, 0.2) is 6.33 Å². The van der Waals surface area contributed by atoms with Crippen LogP contribution in [0.5, 0.6) is 5.88 Å². The molecule has 0 aromatic carbocycles. The number of rotatable bonds is 4. The molecular formula is C11H19N5O. The quantitative estimate of drug-likeness (QED) is 0.821. The summed E-state index contributed by atoms with van der Waals surface area (Å²) in [6.07, 6.45) is 5.17. The van der Waals surface area contributed by atoms with Crippen molar-refractivity contribution in [2.45, 2.75) is 26.2 Å². The molecule has 1 fully saturated rings. The fraction of sp³-hybridized carbons (Fsp3) is 0.636. The van der Waals surface area contributed by atoms with Crippen LogP contribution in [0.2, 0.25) is 0 Å². The molecule has 6 nitrogen and oxygen atoms in total. The summed E-state index contributed by atoms with van der Waals surface area (Å²) in [4.78, 5) is 8.15. The number of aromatic nitrogens is 2. The summed E-state index contributed by atoms with van der Waals surface area (Å²) in [6, 6.07) is 0. The number of anilines is 2. The average molecular weight is 237 g/mol. The summed E-state index contributed by atoms with van der Waals surface area (Å²) >= 11 is 0. The smallest absolute Gasteiger partial charge is 0.242 e. The first kappa shape index (κ1) is 11.9. The standard InChI is InChI=1S/C11H19N5O/c1-2-17-11-9(12)10(13-8-14-11)15-16-6-4-3-5-7-16/h8H,2-7,12H2,1H3,(H,13,14,15). The van der Waals surface area contributed by atoms with Crippen LogP contribution in [0, 0.1) is 0 Å². The Bertz CT molecular complexity index is 365. The summed E-state index contributed by atoms with van der Waals surface area (Å²) in [6.45, 7) is 4.49. The Hall–Kier alpha value is -1.56. The number of piperidine rings is 1. The van der Waals surface area contributed by atoms with E-state index in [2.05, 4.69) is 20.4 Å². The van der Waals surface area contributed by atoms with E-state index in [1.54, 1.807) is 0 Å². The van der Waals surface area contributed by atoms with Crippen molar-refractivity contribution in [2.75, 3.05) is 30.9 Å². The van der Waals surface area contributed by atoms with Gasteiger partial charge in [0.15, 0.2) is 5.82 Å². The van der Waals surface area contributed by atoms with E-state index in [-0.39, 0.29) is 0 Å². The van der Waals surface area contributed by atoms with Gasteiger partial charge in [0.2, 0.25) is 5.88 Å². The second-order valence-corrected chi connectivity index (χ2v) is 4.03. The van der Waals surface area contributed by atoms with Crippen molar-refractivity contribution >= 4 is 11.5 Å². The maximum absolute atomic E-state index is 5.95. The predicted molar refractivity (Wildman–Crippen MR) is 66.7 cm³/mol. The third-order valence-corrected chi connectivity index (χ3v) is 2.75. The van der Waals surface area contributed by atoms with Crippen LogP contribution >= 0.6 is 0 Å². The first-order chi connectivity index (χ1) is 8.31. The van der Waals surface area contributed by atoms with Gasteiger partial charge < -0.3 is 15.9 Å². The summed E-state index contributed by atoms with van der Waals surface area (Å²) in [5.74, 6) is 1.08. The predicted octanol–water partition coefficient (Wildman–Crippen LogP) is 1.27. The third kappa shape index (κ3) is 2.97. The lowest BCUT2D eigenvalue weighted by atomic mass is 10.2. The van der Waals surface area contributed by atoms with Crippen molar-refractivity contribution < 1.29 is 4.74 Å². The first-order valence-electron chi connectivity index (χ1n) is 6.06. The fourth-order valence-electron chi connectivity index (χ4n) is 1.88. The van der Waals surface area contributed by atoms with Gasteiger partial charge in [0.05, 0.1) is 6.61 Å². The van der Waals surface area contributed by atoms with E-state index in [0.29, 0.717) is 24.0 Å². The lowest BCUT2D eigenvalue weighted by Gasteiger charge is -2.27. The van der Waals surface area contributed by atoms with Crippen LogP contribution in [0.25, 0.3) is 0 Å². The minimum absolute atomic E-state index is 0.446. The van der Waals surface area contributed by atoms with Gasteiger partial charge in [-0.15, -0.1) is 0 Å². The molecule has 3 N–H and O–H groups in total. The number of nitrogen functional groups attached to an aromatic ring is 1. The van der Waals surface area contributed by atoms with Crippen molar-refractivity contribution in [1.29, 1.82) is 0 Å². The molecule has 94 valence electrons. The average Bonchev–Trinajstić information content (AvgIpc) is 2.36. The highest BCUT2D eigenvalue weighted by molar-refractivity contribution is 5.65. The van der Waals surface area contributed by atoms with Gasteiger partial charge >= 0.3 is 0 Å². The second-order valence-electron chi connectivity index (χ2n) is 4.03. The molecule has 17 heavy (non-hydrogen) atoms. The number of hydrazine groups is 1. The van der Waals surface area contributed by atoms with Crippen LogP contribution in [0.1, 0.15) is 26.2 Å². The molecule has 1 aliphatic rings. The largest absolute Gasteiger partial charge is 0.476 e. The monoisotopic (exact) mass is 237 g/mol. The van der Waals surface area contributed by atoms with E-state index >= 15 is 0 Å². The molecule has 0 saturated carbocycles. The SMILES string of the molecule is CCOc1ncnc(NN2CCCCC2)c1N. The highest BCUT2D eigenvalue weighted by Gasteiger charge is 2.14. The van der Waals surface area contributed by atoms with Crippen molar-refractivity contribution in [1.82, 2.24) is 15.0 Å². The highest BCUT2D eigenvalue weighted by atomic mass is 16.5. The van der Waals surface area contributed by atoms with Gasteiger partial charge in [-0.25, -0.2) is 9.99 Å². The molecule has 0 atom stereocenters. The van der Waals surface area contributed by atoms with Gasteiger partial charge in [-0.05, 0) is 19.8 Å². The Kier molecular flexibility index (Phi) is 3.98. The second kappa shape index (κ2) is 5.67. The van der Waals surface area contributed by atoms with Crippen LogP contribution in [-0.4, -0.2) is 34.7 Å². The Morgan fingerprint density at radius 1 is 1.35 bits per heavy atom. The number of hydrogen-bond donors (Lipinski definition) is 2. The fourth-order valence-corrected chi connectivity index (χ4v) is 1.88. The minimum atomic E-state index is 0.446. The molecule has 1 aromatic rings. The molecule has 1 saturated heterocycles. The van der Waals surface area contributed by atoms with E-state index in [4.69, 9.17) is 10.5 Å². The van der Waals surface area contributed by atoms with Crippen molar-refractivity contribution in [3.8, 4) is 5.88 Å². The maximum Gasteiger partial charge on any atom is 0.242 e. The molecule has 0 amide bonds. The topological polar surface area (TPSA) is 76.3 Å². The molecule has 0 spiro atoms. The van der Waals surface area contributed by atoms with E-state index in [0.717, 1.165) is 13.1 Å². The summed E-state index contributed by atoms with van der Waals surface area (Å²) in [5.41, 5.74) is 9.64. The lowest BCUT2D eigenvalue weighted by molar-refractivity contribution is 0.272. The van der Waals surface area contributed by atoms with Crippen LogP contribution in [0.4, 0.5) is 11.5 Å². The molecular weight excluding hydrogens is 218 g/mol. The molecule has 2 rings (SSSR count). The number of nitrogens with zero attached hydrogens (tertiary/aromatic N) is 3. The number of ether oxygens (including phenoxy) is 1. The Morgan fingerprint density at radius 2 is 2.12 bits per heavy atom. The lowest BCUT2D eigenvalue weighted by Crippen LogP contribution is -2.35. The maximum atomic E-state index is 5.95. The first-order valence-corrected chi connectivity index (χ1v) is 6.06. The highest BCUT2D eigenvalue weighted by Crippen LogP contribution is 2.25. The zero-order chi connectivity index (χ0) is 12.1. The van der Waals surface area contributed by atoms with E-state index in [9.17, 15) is 0 Å². The Balaban J connectivity index is 2.06. The number of nitrogens with two attached hydrogens (primary N) is 1. The van der Waals surface area contributed by atoms with Crippen LogP contribution in [-0.2, 0) is 0 Å². The van der Waals surface area contributed by atoms with Crippen molar-refractivity contribution in [3.05, 3.63) is 6.33 Å². The molecule has 1 aromatic heterocycles. The van der Waals surface area contributed by atoms with Gasteiger partial charge in [-0.2, -0.15) is 4.98 Å². The summed E-state index contributed by atoms with van der Waals surface area (Å²) in [7, 11) is 0. The van der Waals surface area contributed by atoms with Gasteiger partial charge in [-0.3, -0.25) is 0 Å². The molecule has 1 aliphatic heterocycles. The van der Waals surface area contributed by atoms with Crippen LogP contribution in [0.3, 0.4) is 0 Å². The zero-order valence-electron chi connectivity index (χ0n) is 10.1. The van der Waals surface area contributed by atoms with Gasteiger partial charge in [0.25, 0.3) is 0 Å². The molecule has 0 bridgehead atoms. The Labute approximate surface area is 101 Å². The molecule has 0 unspecified atom stereocenters. The minimum Gasteiger partial charge on any atom is -0.476 e. The molecule has 0 radical (unpaired) electrons. The zero-order valence-corrected chi connectivity index (χ0v) is 10.1. The normalized spacial score (nSPS) is 16.8. The number of nitrogens with one attached hydrogen (secondary N) is 1. The summed E-state index contributed by atoms with van der Waals surface area (Å²) < 4.78 is 5.33. The van der Waals surface area contributed by atoms with Gasteiger partial charge in [-0.1, -0.05) is 6.42 Å². The van der Waals surface area contributed by atoms with E-state index in [1.807, 2.05) is 6.92 Å². The third-order valence-electron chi connectivity index (χ3n) is 2.75. The van der Waals surface area contributed by atoms with Gasteiger partial charge in [0.1, 0.15) is 12.0 Å². The van der Waals surface area contributed by atoms with Crippen molar-refractivity contribution in [2.24, 2.45) is 0 Å². The molecule has 0 aliphatic carbocycles. The van der Waals surface area contributed by atoms with Crippen molar-refractivity contribution in [3.63, 3.8) is 0 Å².